The Bertz CT molecular complexity index is 673. The van der Waals surface area contributed by atoms with Crippen LogP contribution in [0.5, 0.6) is 0 Å². The maximum absolute atomic E-state index is 12.0. The number of hydrogen-bond acceptors (Lipinski definition) is 3. The van der Waals surface area contributed by atoms with Crippen molar-refractivity contribution >= 4 is 16.9 Å². The van der Waals surface area contributed by atoms with Crippen molar-refractivity contribution in [3.8, 4) is 0 Å². The third-order valence-electron chi connectivity index (χ3n) is 3.19. The van der Waals surface area contributed by atoms with Gasteiger partial charge in [0.1, 0.15) is 11.1 Å². The molecule has 0 aliphatic rings. The summed E-state index contributed by atoms with van der Waals surface area (Å²) in [5, 5.41) is 3.53. The Kier molecular flexibility index (Phi) is 3.69. The van der Waals surface area contributed by atoms with E-state index in [1.807, 2.05) is 39.0 Å². The molecule has 0 aliphatic carbocycles. The number of nitrogens with one attached hydrogen (secondary N) is 1. The SMILES string of the molecule is CC[C@H](C)NC(=O)c1cc2cccc(C)c2oc1=O. The highest BCUT2D eigenvalue weighted by Crippen LogP contribution is 2.17. The van der Waals surface area contributed by atoms with E-state index < -0.39 is 5.63 Å². The molecule has 4 nitrogen and oxygen atoms in total. The highest BCUT2D eigenvalue weighted by atomic mass is 16.4. The van der Waals surface area contributed by atoms with Gasteiger partial charge < -0.3 is 9.73 Å². The highest BCUT2D eigenvalue weighted by Gasteiger charge is 2.15. The Hall–Kier alpha value is -2.10. The molecule has 1 aromatic carbocycles. The lowest BCUT2D eigenvalue weighted by atomic mass is 10.1. The van der Waals surface area contributed by atoms with E-state index in [2.05, 4.69) is 5.32 Å². The Morgan fingerprint density at radius 3 is 2.84 bits per heavy atom. The van der Waals surface area contributed by atoms with E-state index in [1.54, 1.807) is 6.07 Å². The molecule has 19 heavy (non-hydrogen) atoms. The predicted molar refractivity (Wildman–Crippen MR) is 74.4 cm³/mol. The number of rotatable bonds is 3. The van der Waals surface area contributed by atoms with Crippen molar-refractivity contribution in [3.05, 3.63) is 45.8 Å². The number of amides is 1. The molecule has 1 amide bonds. The van der Waals surface area contributed by atoms with Gasteiger partial charge in [0.25, 0.3) is 5.91 Å². The average Bonchev–Trinajstić information content (AvgIpc) is 2.39. The van der Waals surface area contributed by atoms with Gasteiger partial charge in [-0.1, -0.05) is 25.1 Å². The number of carbonyl (C=O) groups excluding carboxylic acids is 1. The van der Waals surface area contributed by atoms with Gasteiger partial charge in [-0.2, -0.15) is 0 Å². The minimum atomic E-state index is -0.595. The van der Waals surface area contributed by atoms with Crippen molar-refractivity contribution < 1.29 is 9.21 Å². The first-order chi connectivity index (χ1) is 9.02. The van der Waals surface area contributed by atoms with E-state index >= 15 is 0 Å². The van der Waals surface area contributed by atoms with E-state index in [0.717, 1.165) is 17.4 Å². The van der Waals surface area contributed by atoms with Gasteiger partial charge in [0, 0.05) is 11.4 Å². The molecule has 0 radical (unpaired) electrons. The van der Waals surface area contributed by atoms with Crippen molar-refractivity contribution in [2.24, 2.45) is 0 Å². The van der Waals surface area contributed by atoms with Crippen LogP contribution in [0.15, 0.2) is 33.5 Å². The summed E-state index contributed by atoms with van der Waals surface area (Å²) in [5.41, 5.74) is 0.872. The van der Waals surface area contributed by atoms with Crippen molar-refractivity contribution in [2.45, 2.75) is 33.2 Å². The first kappa shape index (κ1) is 13.3. The number of carbonyl (C=O) groups is 1. The Morgan fingerprint density at radius 2 is 2.16 bits per heavy atom. The molecule has 0 aliphatic heterocycles. The molecule has 4 heteroatoms. The minimum absolute atomic E-state index is 0.0279. The zero-order chi connectivity index (χ0) is 14.0. The molecule has 100 valence electrons. The quantitative estimate of drug-likeness (QED) is 0.862. The molecule has 0 unspecified atom stereocenters. The van der Waals surface area contributed by atoms with Crippen LogP contribution in [-0.4, -0.2) is 11.9 Å². The number of para-hydroxylation sites is 1. The summed E-state index contributed by atoms with van der Waals surface area (Å²) >= 11 is 0. The zero-order valence-corrected chi connectivity index (χ0v) is 11.3. The normalized spacial score (nSPS) is 12.4. The molecule has 0 bridgehead atoms. The number of fused-ring (bicyclic) bond motifs is 1. The Morgan fingerprint density at radius 1 is 1.42 bits per heavy atom. The fraction of sp³-hybridized carbons (Fsp3) is 0.333. The summed E-state index contributed by atoms with van der Waals surface area (Å²) in [6, 6.07) is 7.18. The standard InChI is InChI=1S/C15H17NO3/c1-4-10(3)16-14(17)12-8-11-7-5-6-9(2)13(11)19-15(12)18/h5-8,10H,4H2,1-3H3,(H,16,17)/t10-/m0/s1. The molecule has 0 spiro atoms. The van der Waals surface area contributed by atoms with Crippen molar-refractivity contribution in [1.82, 2.24) is 5.32 Å². The topological polar surface area (TPSA) is 59.3 Å². The van der Waals surface area contributed by atoms with Crippen molar-refractivity contribution in [3.63, 3.8) is 0 Å². The van der Waals surface area contributed by atoms with E-state index in [-0.39, 0.29) is 17.5 Å². The van der Waals surface area contributed by atoms with Gasteiger partial charge in [-0.05, 0) is 31.9 Å². The Balaban J connectivity index is 2.48. The monoisotopic (exact) mass is 259 g/mol. The van der Waals surface area contributed by atoms with Crippen LogP contribution in [0.3, 0.4) is 0 Å². The number of benzene rings is 1. The van der Waals surface area contributed by atoms with E-state index in [4.69, 9.17) is 4.42 Å². The second-order valence-corrected chi connectivity index (χ2v) is 4.72. The Labute approximate surface area is 111 Å². The van der Waals surface area contributed by atoms with Gasteiger partial charge >= 0.3 is 5.63 Å². The molecule has 1 aromatic heterocycles. The summed E-state index contributed by atoms with van der Waals surface area (Å²) in [6.45, 7) is 5.73. The van der Waals surface area contributed by atoms with Crippen LogP contribution in [0.25, 0.3) is 11.0 Å². The molecule has 1 heterocycles. The molecule has 0 fully saturated rings. The maximum Gasteiger partial charge on any atom is 0.349 e. The summed E-state index contributed by atoms with van der Waals surface area (Å²) in [6.07, 6.45) is 0.809. The summed E-state index contributed by atoms with van der Waals surface area (Å²) in [4.78, 5) is 23.9. The first-order valence-electron chi connectivity index (χ1n) is 6.37. The van der Waals surface area contributed by atoms with E-state index in [9.17, 15) is 9.59 Å². The zero-order valence-electron chi connectivity index (χ0n) is 11.3. The third kappa shape index (κ3) is 2.67. The molecule has 1 atom stereocenters. The lowest BCUT2D eigenvalue weighted by Gasteiger charge is -2.11. The summed E-state index contributed by atoms with van der Waals surface area (Å²) in [7, 11) is 0. The van der Waals surface area contributed by atoms with E-state index in [0.29, 0.717) is 5.58 Å². The third-order valence-corrected chi connectivity index (χ3v) is 3.19. The molecular formula is C15H17NO3. The van der Waals surface area contributed by atoms with E-state index in [1.165, 1.54) is 0 Å². The van der Waals surface area contributed by atoms with Gasteiger partial charge in [-0.15, -0.1) is 0 Å². The van der Waals surface area contributed by atoms with Crippen LogP contribution in [0.4, 0.5) is 0 Å². The van der Waals surface area contributed by atoms with Crippen LogP contribution in [0.1, 0.15) is 36.2 Å². The molecule has 1 N–H and O–H groups in total. The summed E-state index contributed by atoms with van der Waals surface area (Å²) < 4.78 is 5.24. The second-order valence-electron chi connectivity index (χ2n) is 4.72. The lowest BCUT2D eigenvalue weighted by Crippen LogP contribution is -2.34. The molecule has 2 rings (SSSR count). The lowest BCUT2D eigenvalue weighted by molar-refractivity contribution is 0.0935. The van der Waals surface area contributed by atoms with Gasteiger partial charge in [-0.3, -0.25) is 4.79 Å². The maximum atomic E-state index is 12.0. The second kappa shape index (κ2) is 5.26. The predicted octanol–water partition coefficient (Wildman–Crippen LogP) is 2.63. The molecular weight excluding hydrogens is 242 g/mol. The molecule has 0 saturated heterocycles. The van der Waals surface area contributed by atoms with Crippen molar-refractivity contribution in [2.75, 3.05) is 0 Å². The van der Waals surface area contributed by atoms with Gasteiger partial charge in [0.15, 0.2) is 0 Å². The number of aryl methyl sites for hydroxylation is 1. The molecule has 2 aromatic rings. The van der Waals surface area contributed by atoms with Crippen LogP contribution in [0, 0.1) is 6.92 Å². The fourth-order valence-corrected chi connectivity index (χ4v) is 1.85. The smallest absolute Gasteiger partial charge is 0.349 e. The summed E-state index contributed by atoms with van der Waals surface area (Å²) in [5.74, 6) is -0.383. The largest absolute Gasteiger partial charge is 0.422 e. The van der Waals surface area contributed by atoms with Crippen LogP contribution < -0.4 is 10.9 Å². The van der Waals surface area contributed by atoms with Gasteiger partial charge in [0.2, 0.25) is 0 Å². The van der Waals surface area contributed by atoms with Crippen LogP contribution in [-0.2, 0) is 0 Å². The molecule has 0 saturated carbocycles. The number of hydrogen-bond donors (Lipinski definition) is 1. The highest BCUT2D eigenvalue weighted by molar-refractivity contribution is 5.97. The average molecular weight is 259 g/mol. The van der Waals surface area contributed by atoms with Gasteiger partial charge in [-0.25, -0.2) is 4.79 Å². The van der Waals surface area contributed by atoms with Gasteiger partial charge in [0.05, 0.1) is 0 Å². The van der Waals surface area contributed by atoms with Crippen LogP contribution >= 0.6 is 0 Å². The first-order valence-corrected chi connectivity index (χ1v) is 6.37. The minimum Gasteiger partial charge on any atom is -0.422 e. The van der Waals surface area contributed by atoms with Crippen LogP contribution in [0.2, 0.25) is 0 Å². The van der Waals surface area contributed by atoms with Crippen molar-refractivity contribution in [1.29, 1.82) is 0 Å². The fourth-order valence-electron chi connectivity index (χ4n) is 1.85.